The molecule has 1 atom stereocenters. The van der Waals surface area contributed by atoms with Gasteiger partial charge in [0.05, 0.1) is 9.95 Å². The number of nitrogens with two attached hydrogens (primary N) is 1. The number of likely N-dealkylation sites (tertiary alicyclic amines) is 1. The number of rotatable bonds is 2. The fraction of sp³-hybridized carbons (Fsp3) is 0.364. The van der Waals surface area contributed by atoms with Crippen molar-refractivity contribution in [3.63, 3.8) is 0 Å². The minimum absolute atomic E-state index is 0.0572. The molecule has 0 aromatic heterocycles. The fourth-order valence-corrected chi connectivity index (χ4v) is 2.26. The zero-order chi connectivity index (χ0) is 13.3. The molecule has 0 radical (unpaired) electrons. The molecule has 96 valence electrons. The highest BCUT2D eigenvalue weighted by molar-refractivity contribution is 6.34. The molecule has 2 rings (SSSR count). The molecule has 1 amide bonds. The average Bonchev–Trinajstić information content (AvgIpc) is 2.74. The second kappa shape index (κ2) is 4.91. The Morgan fingerprint density at radius 3 is 2.83 bits per heavy atom. The van der Waals surface area contributed by atoms with Crippen molar-refractivity contribution in [2.75, 3.05) is 13.1 Å². The van der Waals surface area contributed by atoms with Crippen LogP contribution in [0.5, 0.6) is 0 Å². The van der Waals surface area contributed by atoms with Crippen LogP contribution in [0.15, 0.2) is 18.2 Å². The third kappa shape index (κ3) is 2.30. The molecule has 1 heterocycles. The minimum atomic E-state index is -0.602. The molecule has 1 saturated heterocycles. The number of hydrogen-bond acceptors (Lipinski definition) is 4. The number of halogens is 1. The van der Waals surface area contributed by atoms with Crippen molar-refractivity contribution < 1.29 is 9.72 Å². The van der Waals surface area contributed by atoms with Gasteiger partial charge in [-0.3, -0.25) is 14.9 Å². The number of nitrogens with zero attached hydrogens (tertiary/aromatic N) is 2. The van der Waals surface area contributed by atoms with Crippen LogP contribution in [-0.2, 0) is 0 Å². The summed E-state index contributed by atoms with van der Waals surface area (Å²) in [5.74, 6) is -0.430. The van der Waals surface area contributed by atoms with Crippen LogP contribution in [0, 0.1) is 10.1 Å². The highest BCUT2D eigenvalue weighted by Gasteiger charge is 2.31. The first-order valence-corrected chi connectivity index (χ1v) is 5.86. The van der Waals surface area contributed by atoms with Crippen molar-refractivity contribution in [2.24, 2.45) is 5.73 Å². The van der Waals surface area contributed by atoms with Gasteiger partial charge in [0.1, 0.15) is 5.56 Å². The van der Waals surface area contributed by atoms with Gasteiger partial charge in [-0.05, 0) is 12.5 Å². The van der Waals surface area contributed by atoms with Crippen molar-refractivity contribution in [3.05, 3.63) is 38.9 Å². The first-order valence-electron chi connectivity index (χ1n) is 5.48. The molecule has 1 aromatic carbocycles. The van der Waals surface area contributed by atoms with Crippen LogP contribution in [-0.4, -0.2) is 34.9 Å². The van der Waals surface area contributed by atoms with Crippen molar-refractivity contribution in [2.45, 2.75) is 12.5 Å². The van der Waals surface area contributed by atoms with Crippen LogP contribution in [0.25, 0.3) is 0 Å². The Hall–Kier alpha value is -1.66. The number of carbonyl (C=O) groups is 1. The van der Waals surface area contributed by atoms with E-state index in [0.717, 1.165) is 0 Å². The highest BCUT2D eigenvalue weighted by Crippen LogP contribution is 2.28. The summed E-state index contributed by atoms with van der Waals surface area (Å²) in [6.07, 6.45) is 0.698. The van der Waals surface area contributed by atoms with Crippen LogP contribution in [0.3, 0.4) is 0 Å². The highest BCUT2D eigenvalue weighted by atomic mass is 35.5. The second-order valence-corrected chi connectivity index (χ2v) is 4.60. The molecule has 2 N–H and O–H groups in total. The molecule has 0 bridgehead atoms. The number of benzene rings is 1. The molecule has 0 aliphatic carbocycles. The molecule has 1 aliphatic heterocycles. The third-order valence-corrected chi connectivity index (χ3v) is 3.23. The summed E-state index contributed by atoms with van der Waals surface area (Å²) in [6.45, 7) is 0.906. The van der Waals surface area contributed by atoms with Gasteiger partial charge in [-0.2, -0.15) is 0 Å². The number of carbonyl (C=O) groups excluding carboxylic acids is 1. The summed E-state index contributed by atoms with van der Waals surface area (Å²) >= 11 is 5.90. The Morgan fingerprint density at radius 1 is 1.56 bits per heavy atom. The lowest BCUT2D eigenvalue weighted by Crippen LogP contribution is -2.32. The van der Waals surface area contributed by atoms with Crippen molar-refractivity contribution in [3.8, 4) is 0 Å². The lowest BCUT2D eigenvalue weighted by molar-refractivity contribution is -0.385. The molecule has 1 fully saturated rings. The van der Waals surface area contributed by atoms with Gasteiger partial charge in [0.15, 0.2) is 0 Å². The van der Waals surface area contributed by atoms with E-state index in [0.29, 0.717) is 19.5 Å². The molecular formula is C11H12ClN3O3. The van der Waals surface area contributed by atoms with Gasteiger partial charge in [0.25, 0.3) is 11.6 Å². The first kappa shape index (κ1) is 12.8. The third-order valence-electron chi connectivity index (χ3n) is 2.91. The van der Waals surface area contributed by atoms with Crippen LogP contribution in [0.4, 0.5) is 5.69 Å². The number of hydrogen-bond donors (Lipinski definition) is 1. The topological polar surface area (TPSA) is 89.5 Å². The zero-order valence-electron chi connectivity index (χ0n) is 9.51. The quantitative estimate of drug-likeness (QED) is 0.649. The van der Waals surface area contributed by atoms with Gasteiger partial charge in [-0.15, -0.1) is 0 Å². The van der Waals surface area contributed by atoms with E-state index in [1.54, 1.807) is 0 Å². The lowest BCUT2D eigenvalue weighted by atomic mass is 10.1. The smallest absolute Gasteiger partial charge is 0.283 e. The van der Waals surface area contributed by atoms with Crippen LogP contribution in [0.1, 0.15) is 16.8 Å². The summed E-state index contributed by atoms with van der Waals surface area (Å²) in [4.78, 5) is 24.0. The van der Waals surface area contributed by atoms with Crippen molar-refractivity contribution in [1.29, 1.82) is 0 Å². The predicted octanol–water partition coefficient (Wildman–Crippen LogP) is 1.42. The standard InChI is InChI=1S/C11H12ClN3O3/c12-8-2-1-3-9(15(17)18)10(8)11(16)14-5-4-7(13)6-14/h1-3,7H,4-6,13H2/t7-/m1/s1. The maximum Gasteiger partial charge on any atom is 0.283 e. The molecule has 1 aliphatic rings. The van der Waals surface area contributed by atoms with E-state index in [4.69, 9.17) is 17.3 Å². The molecule has 7 heteroatoms. The molecular weight excluding hydrogens is 258 g/mol. The second-order valence-electron chi connectivity index (χ2n) is 4.19. The maximum atomic E-state index is 12.2. The van der Waals surface area contributed by atoms with Crippen LogP contribution >= 0.6 is 11.6 Å². The number of amides is 1. The van der Waals surface area contributed by atoms with E-state index in [2.05, 4.69) is 0 Å². The summed E-state index contributed by atoms with van der Waals surface area (Å²) in [5.41, 5.74) is 5.39. The molecule has 18 heavy (non-hydrogen) atoms. The van der Waals surface area contributed by atoms with Crippen molar-refractivity contribution >= 4 is 23.2 Å². The number of nitro benzene ring substituents is 1. The van der Waals surface area contributed by atoms with Crippen LogP contribution in [0.2, 0.25) is 5.02 Å². The molecule has 6 nitrogen and oxygen atoms in total. The largest absolute Gasteiger partial charge is 0.337 e. The SMILES string of the molecule is N[C@@H]1CCN(C(=O)c2c(Cl)cccc2[N+](=O)[O-])C1. The van der Waals surface area contributed by atoms with Gasteiger partial charge in [0, 0.05) is 25.2 Å². The summed E-state index contributed by atoms with van der Waals surface area (Å²) in [7, 11) is 0. The van der Waals surface area contributed by atoms with Gasteiger partial charge in [0.2, 0.25) is 0 Å². The van der Waals surface area contributed by atoms with E-state index in [1.807, 2.05) is 0 Å². The van der Waals surface area contributed by atoms with E-state index >= 15 is 0 Å². The van der Waals surface area contributed by atoms with Gasteiger partial charge < -0.3 is 10.6 Å². The van der Waals surface area contributed by atoms with E-state index < -0.39 is 10.8 Å². The fourth-order valence-electron chi connectivity index (χ4n) is 2.01. The Morgan fingerprint density at radius 2 is 2.28 bits per heavy atom. The summed E-state index contributed by atoms with van der Waals surface area (Å²) in [6, 6.07) is 4.12. The monoisotopic (exact) mass is 269 g/mol. The minimum Gasteiger partial charge on any atom is -0.337 e. The number of nitro groups is 1. The van der Waals surface area contributed by atoms with E-state index in [9.17, 15) is 14.9 Å². The van der Waals surface area contributed by atoms with Gasteiger partial charge in [-0.25, -0.2) is 0 Å². The Kier molecular flexibility index (Phi) is 3.49. The molecule has 0 spiro atoms. The Labute approximate surface area is 108 Å². The molecule has 0 saturated carbocycles. The molecule has 1 aromatic rings. The lowest BCUT2D eigenvalue weighted by Gasteiger charge is -2.16. The first-order chi connectivity index (χ1) is 8.50. The Bertz CT molecular complexity index is 506. The summed E-state index contributed by atoms with van der Waals surface area (Å²) < 4.78 is 0. The summed E-state index contributed by atoms with van der Waals surface area (Å²) in [5, 5.41) is 11.0. The maximum absolute atomic E-state index is 12.2. The molecule has 0 unspecified atom stereocenters. The van der Waals surface area contributed by atoms with Crippen molar-refractivity contribution in [1.82, 2.24) is 4.90 Å². The van der Waals surface area contributed by atoms with Gasteiger partial charge in [-0.1, -0.05) is 17.7 Å². The average molecular weight is 270 g/mol. The zero-order valence-corrected chi connectivity index (χ0v) is 10.3. The normalized spacial score (nSPS) is 19.0. The van der Waals surface area contributed by atoms with Crippen LogP contribution < -0.4 is 5.73 Å². The van der Waals surface area contributed by atoms with Gasteiger partial charge >= 0.3 is 0 Å². The Balaban J connectivity index is 2.38. The van der Waals surface area contributed by atoms with E-state index in [-0.39, 0.29) is 22.3 Å². The van der Waals surface area contributed by atoms with E-state index in [1.165, 1.54) is 23.1 Å². The predicted molar refractivity (Wildman–Crippen MR) is 66.6 cm³/mol.